The first-order chi connectivity index (χ1) is 12.5. The van der Waals surface area contributed by atoms with E-state index in [0.29, 0.717) is 27.9 Å². The van der Waals surface area contributed by atoms with Gasteiger partial charge < -0.3 is 10.1 Å². The van der Waals surface area contributed by atoms with E-state index < -0.39 is 12.0 Å². The third kappa shape index (κ3) is 4.23. The number of halogens is 1. The second-order valence-electron chi connectivity index (χ2n) is 8.41. The summed E-state index contributed by atoms with van der Waals surface area (Å²) in [5.74, 6) is 1.11. The van der Waals surface area contributed by atoms with Crippen LogP contribution in [0.1, 0.15) is 60.9 Å². The Morgan fingerprint density at radius 2 is 2.07 bits per heavy atom. The zero-order valence-corrected chi connectivity index (χ0v) is 19.0. The summed E-state index contributed by atoms with van der Waals surface area (Å²) in [6, 6.07) is -0.504. The zero-order valence-electron chi connectivity index (χ0n) is 17.4. The minimum absolute atomic E-state index is 0.263. The molecule has 0 amide bonds. The van der Waals surface area contributed by atoms with E-state index in [-0.39, 0.29) is 23.6 Å². The Morgan fingerprint density at radius 3 is 2.67 bits per heavy atom. The summed E-state index contributed by atoms with van der Waals surface area (Å²) in [6.07, 6.45) is 2.65. The molecule has 0 saturated heterocycles. The minimum atomic E-state index is -0.766. The zero-order chi connectivity index (χ0) is 20.5. The monoisotopic (exact) mass is 441 g/mol. The molecule has 1 aliphatic rings. The fourth-order valence-corrected chi connectivity index (χ4v) is 4.35. The molecule has 7 heteroatoms. The summed E-state index contributed by atoms with van der Waals surface area (Å²) in [5.41, 5.74) is 0.611. The van der Waals surface area contributed by atoms with Gasteiger partial charge in [-0.3, -0.25) is 4.79 Å². The highest BCUT2D eigenvalue weighted by Crippen LogP contribution is 2.48. The van der Waals surface area contributed by atoms with Gasteiger partial charge >= 0.3 is 5.97 Å². The van der Waals surface area contributed by atoms with Crippen LogP contribution in [0.15, 0.2) is 15.5 Å². The molecule has 152 valence electrons. The molecule has 1 aromatic heterocycles. The van der Waals surface area contributed by atoms with Crippen LogP contribution in [0.2, 0.25) is 0 Å². The molecule has 1 aliphatic carbocycles. The van der Waals surface area contributed by atoms with Crippen molar-refractivity contribution in [2.75, 3.05) is 11.9 Å². The molecule has 5 atom stereocenters. The number of ether oxygens (including phenoxy) is 1. The quantitative estimate of drug-likeness (QED) is 0.691. The first kappa shape index (κ1) is 21.9. The third-order valence-corrected chi connectivity index (χ3v) is 7.52. The predicted octanol–water partition coefficient (Wildman–Crippen LogP) is 4.25. The van der Waals surface area contributed by atoms with Crippen LogP contribution in [0.4, 0.5) is 5.69 Å². The fraction of sp³-hybridized carbons (Fsp3) is 0.750. The smallest absolute Gasteiger partial charge is 0.330 e. The highest BCUT2D eigenvalue weighted by molar-refractivity contribution is 9.10. The van der Waals surface area contributed by atoms with Crippen molar-refractivity contribution in [2.24, 2.45) is 23.2 Å². The van der Waals surface area contributed by atoms with Crippen molar-refractivity contribution in [1.82, 2.24) is 9.78 Å². The summed E-state index contributed by atoms with van der Waals surface area (Å²) in [6.45, 7) is 15.2. The molecular formula is C20H32BrN3O3. The van der Waals surface area contributed by atoms with Crippen LogP contribution in [-0.4, -0.2) is 28.4 Å². The summed E-state index contributed by atoms with van der Waals surface area (Å²) in [4.78, 5) is 24.6. The number of aromatic nitrogens is 2. The third-order valence-electron chi connectivity index (χ3n) is 6.75. The summed E-state index contributed by atoms with van der Waals surface area (Å²) in [5, 5.41) is 7.73. The molecular weight excluding hydrogens is 410 g/mol. The fourth-order valence-electron chi connectivity index (χ4n) is 3.95. The molecule has 1 saturated carbocycles. The molecule has 2 rings (SSSR count). The average Bonchev–Trinajstić information content (AvgIpc) is 2.62. The van der Waals surface area contributed by atoms with Gasteiger partial charge in [0.1, 0.15) is 4.47 Å². The van der Waals surface area contributed by atoms with Crippen LogP contribution in [-0.2, 0) is 9.53 Å². The first-order valence-corrected chi connectivity index (χ1v) is 10.5. The number of nitrogens with zero attached hydrogens (tertiary/aromatic N) is 2. The van der Waals surface area contributed by atoms with Crippen LogP contribution in [0, 0.1) is 23.2 Å². The number of rotatable bonds is 5. The van der Waals surface area contributed by atoms with Crippen molar-refractivity contribution in [3.8, 4) is 0 Å². The normalized spacial score (nSPS) is 28.4. The molecule has 1 unspecified atom stereocenters. The molecule has 0 bridgehead atoms. The van der Waals surface area contributed by atoms with Gasteiger partial charge in [-0.05, 0) is 59.4 Å². The van der Waals surface area contributed by atoms with E-state index in [1.54, 1.807) is 20.0 Å². The average molecular weight is 442 g/mol. The van der Waals surface area contributed by atoms with E-state index in [0.717, 1.165) is 11.1 Å². The van der Waals surface area contributed by atoms with Crippen molar-refractivity contribution < 1.29 is 9.53 Å². The summed E-state index contributed by atoms with van der Waals surface area (Å²) < 4.78 is 6.55. The molecule has 1 fully saturated rings. The van der Waals surface area contributed by atoms with Gasteiger partial charge in [-0.1, -0.05) is 34.6 Å². The van der Waals surface area contributed by atoms with Crippen LogP contribution in [0.25, 0.3) is 0 Å². The van der Waals surface area contributed by atoms with Gasteiger partial charge in [-0.2, -0.15) is 5.10 Å². The SMILES string of the molecule is CCOC(=O)C(C)n1ncc(N[C@@H]2C[C@H](C)C(C)(C)[C@H](C)[C@H]2C)c(Br)c1=O. The Labute approximate surface area is 170 Å². The largest absolute Gasteiger partial charge is 0.464 e. The Hall–Kier alpha value is -1.37. The molecule has 0 aromatic carbocycles. The lowest BCUT2D eigenvalue weighted by Gasteiger charge is -2.50. The first-order valence-electron chi connectivity index (χ1n) is 9.72. The van der Waals surface area contributed by atoms with Crippen molar-refractivity contribution in [3.63, 3.8) is 0 Å². The Kier molecular flexibility index (Phi) is 6.77. The lowest BCUT2D eigenvalue weighted by Crippen LogP contribution is -2.48. The van der Waals surface area contributed by atoms with E-state index in [9.17, 15) is 9.59 Å². The van der Waals surface area contributed by atoms with Gasteiger partial charge in [0.2, 0.25) is 0 Å². The van der Waals surface area contributed by atoms with Crippen molar-refractivity contribution in [2.45, 2.75) is 67.0 Å². The lowest BCUT2D eigenvalue weighted by molar-refractivity contribution is -0.147. The predicted molar refractivity (Wildman–Crippen MR) is 111 cm³/mol. The van der Waals surface area contributed by atoms with E-state index in [1.165, 1.54) is 0 Å². The van der Waals surface area contributed by atoms with Crippen LogP contribution in [0.3, 0.4) is 0 Å². The van der Waals surface area contributed by atoms with Crippen molar-refractivity contribution in [1.29, 1.82) is 0 Å². The lowest BCUT2D eigenvalue weighted by atomic mass is 9.58. The minimum Gasteiger partial charge on any atom is -0.464 e. The molecule has 27 heavy (non-hydrogen) atoms. The van der Waals surface area contributed by atoms with E-state index >= 15 is 0 Å². The molecule has 0 radical (unpaired) electrons. The van der Waals surface area contributed by atoms with Gasteiger partial charge in [0, 0.05) is 6.04 Å². The van der Waals surface area contributed by atoms with Gasteiger partial charge in [-0.15, -0.1) is 0 Å². The van der Waals surface area contributed by atoms with Gasteiger partial charge in [0.05, 0.1) is 18.5 Å². The molecule has 6 nitrogen and oxygen atoms in total. The highest BCUT2D eigenvalue weighted by Gasteiger charge is 2.43. The standard InChI is InChI=1S/C20H32BrN3O3/c1-8-27-19(26)14(5)24-18(25)17(21)16(10-22-24)23-15-9-11(2)20(6,7)13(4)12(15)3/h10-15,23H,8-9H2,1-7H3/t11-,12+,13+,14?,15+/m0/s1. The highest BCUT2D eigenvalue weighted by atomic mass is 79.9. The van der Waals surface area contributed by atoms with Crippen LogP contribution < -0.4 is 10.9 Å². The Balaban J connectivity index is 2.25. The summed E-state index contributed by atoms with van der Waals surface area (Å²) >= 11 is 3.40. The Morgan fingerprint density at radius 1 is 1.44 bits per heavy atom. The maximum atomic E-state index is 12.7. The van der Waals surface area contributed by atoms with E-state index in [1.807, 2.05) is 0 Å². The van der Waals surface area contributed by atoms with Gasteiger partial charge in [-0.25, -0.2) is 9.48 Å². The molecule has 1 N–H and O–H groups in total. The van der Waals surface area contributed by atoms with Crippen molar-refractivity contribution >= 4 is 27.6 Å². The van der Waals surface area contributed by atoms with Gasteiger partial charge in [0.25, 0.3) is 5.56 Å². The number of nitrogens with one attached hydrogen (secondary N) is 1. The van der Waals surface area contributed by atoms with E-state index in [4.69, 9.17) is 4.74 Å². The molecule has 1 aromatic rings. The van der Waals surface area contributed by atoms with E-state index in [2.05, 4.69) is 61.0 Å². The number of anilines is 1. The number of hydrogen-bond donors (Lipinski definition) is 1. The maximum absolute atomic E-state index is 12.7. The second kappa shape index (κ2) is 8.33. The molecule has 1 heterocycles. The number of carbonyl (C=O) groups excluding carboxylic acids is 1. The number of hydrogen-bond acceptors (Lipinski definition) is 5. The topological polar surface area (TPSA) is 73.2 Å². The maximum Gasteiger partial charge on any atom is 0.330 e. The molecule has 0 aliphatic heterocycles. The number of carbonyl (C=O) groups is 1. The van der Waals surface area contributed by atoms with Crippen molar-refractivity contribution in [3.05, 3.63) is 21.0 Å². The Bertz CT molecular complexity index is 746. The van der Waals surface area contributed by atoms with Crippen LogP contribution >= 0.6 is 15.9 Å². The second-order valence-corrected chi connectivity index (χ2v) is 9.20. The van der Waals surface area contributed by atoms with Gasteiger partial charge in [0.15, 0.2) is 6.04 Å². The van der Waals surface area contributed by atoms with Crippen LogP contribution in [0.5, 0.6) is 0 Å². The number of esters is 1. The summed E-state index contributed by atoms with van der Waals surface area (Å²) in [7, 11) is 0. The molecule has 0 spiro atoms.